The molecule has 1 aromatic carbocycles. The zero-order chi connectivity index (χ0) is 16.1. The van der Waals surface area contributed by atoms with E-state index in [4.69, 9.17) is 0 Å². The third-order valence-electron chi connectivity index (χ3n) is 3.89. The van der Waals surface area contributed by atoms with Crippen molar-refractivity contribution in [3.05, 3.63) is 64.8 Å². The number of pyridine rings is 1. The lowest BCUT2D eigenvalue weighted by atomic mass is 10.2. The number of nitrogens with one attached hydrogen (secondary N) is 1. The van der Waals surface area contributed by atoms with Crippen LogP contribution in [0.3, 0.4) is 0 Å². The molecule has 1 aliphatic rings. The van der Waals surface area contributed by atoms with Crippen molar-refractivity contribution >= 4 is 33.7 Å². The second kappa shape index (κ2) is 7.42. The Kier molecular flexibility index (Phi) is 5.08. The van der Waals surface area contributed by atoms with E-state index in [0.29, 0.717) is 0 Å². The maximum absolute atomic E-state index is 12.3. The molecule has 2 heterocycles. The molecule has 23 heavy (non-hydrogen) atoms. The van der Waals surface area contributed by atoms with Gasteiger partial charge in [-0.25, -0.2) is 4.98 Å². The topological polar surface area (TPSA) is 37.7 Å². The maximum Gasteiger partial charge on any atom is 0.274 e. The van der Waals surface area contributed by atoms with E-state index in [1.54, 1.807) is 6.08 Å². The molecule has 1 amide bonds. The van der Waals surface area contributed by atoms with Crippen LogP contribution in [-0.2, 0) is 4.79 Å². The van der Waals surface area contributed by atoms with Crippen molar-refractivity contribution in [1.82, 2.24) is 4.90 Å². The highest BCUT2D eigenvalue weighted by Crippen LogP contribution is 2.14. The van der Waals surface area contributed by atoms with Gasteiger partial charge in [-0.1, -0.05) is 34.1 Å². The van der Waals surface area contributed by atoms with E-state index >= 15 is 0 Å². The van der Waals surface area contributed by atoms with Crippen molar-refractivity contribution in [1.29, 1.82) is 0 Å². The standard InChI is InChI=1S/C18H18BrN3O/c19-16-5-3-4-15(14-16)7-8-18(23)22-12-10-21(11-13-22)17-6-1-2-9-20-17/h1-9,14H,10-13H2/p+1/b8-7+. The molecule has 0 spiro atoms. The van der Waals surface area contributed by atoms with E-state index in [1.165, 1.54) is 0 Å². The molecule has 0 bridgehead atoms. The average Bonchev–Trinajstić information content (AvgIpc) is 2.61. The lowest BCUT2D eigenvalue weighted by Gasteiger charge is -2.30. The summed E-state index contributed by atoms with van der Waals surface area (Å²) in [5.41, 5.74) is 1.02. The van der Waals surface area contributed by atoms with Crippen LogP contribution in [-0.4, -0.2) is 37.0 Å². The first-order valence-electron chi connectivity index (χ1n) is 7.66. The Labute approximate surface area is 144 Å². The molecule has 2 aromatic rings. The number of piperazine rings is 1. The molecule has 0 unspecified atom stereocenters. The van der Waals surface area contributed by atoms with Gasteiger partial charge in [-0.15, -0.1) is 0 Å². The summed E-state index contributed by atoms with van der Waals surface area (Å²) in [6, 6.07) is 14.0. The first-order chi connectivity index (χ1) is 11.2. The van der Waals surface area contributed by atoms with Gasteiger partial charge < -0.3 is 4.90 Å². The molecule has 1 fully saturated rings. The minimum atomic E-state index is 0.0710. The van der Waals surface area contributed by atoms with Gasteiger partial charge in [-0.2, -0.15) is 0 Å². The average molecular weight is 373 g/mol. The highest BCUT2D eigenvalue weighted by atomic mass is 79.9. The fraction of sp³-hybridized carbons (Fsp3) is 0.222. The molecular formula is C18H19BrN3O+. The summed E-state index contributed by atoms with van der Waals surface area (Å²) in [6.45, 7) is 3.17. The number of H-pyrrole nitrogens is 1. The van der Waals surface area contributed by atoms with E-state index < -0.39 is 0 Å². The van der Waals surface area contributed by atoms with Crippen molar-refractivity contribution in [2.24, 2.45) is 0 Å². The van der Waals surface area contributed by atoms with Gasteiger partial charge in [0, 0.05) is 16.6 Å². The van der Waals surface area contributed by atoms with Crippen LogP contribution in [0.15, 0.2) is 59.2 Å². The van der Waals surface area contributed by atoms with Gasteiger partial charge in [0.2, 0.25) is 5.91 Å². The van der Waals surface area contributed by atoms with E-state index in [0.717, 1.165) is 42.0 Å². The maximum atomic E-state index is 12.3. The highest BCUT2D eigenvalue weighted by molar-refractivity contribution is 9.10. The van der Waals surface area contributed by atoms with Crippen molar-refractivity contribution in [3.8, 4) is 0 Å². The minimum Gasteiger partial charge on any atom is -0.331 e. The highest BCUT2D eigenvalue weighted by Gasteiger charge is 2.24. The van der Waals surface area contributed by atoms with Gasteiger partial charge in [0.15, 0.2) is 0 Å². The summed E-state index contributed by atoms with van der Waals surface area (Å²) in [7, 11) is 0. The lowest BCUT2D eigenvalue weighted by molar-refractivity contribution is -0.364. The number of halogens is 1. The van der Waals surface area contributed by atoms with Gasteiger partial charge in [-0.05, 0) is 29.8 Å². The van der Waals surface area contributed by atoms with Crippen LogP contribution in [0.25, 0.3) is 6.08 Å². The van der Waals surface area contributed by atoms with Crippen molar-refractivity contribution in [3.63, 3.8) is 0 Å². The molecule has 1 aliphatic heterocycles. The van der Waals surface area contributed by atoms with Gasteiger partial charge >= 0.3 is 0 Å². The van der Waals surface area contributed by atoms with Crippen LogP contribution in [0.2, 0.25) is 0 Å². The molecule has 4 nitrogen and oxygen atoms in total. The van der Waals surface area contributed by atoms with Crippen LogP contribution in [0.1, 0.15) is 5.56 Å². The molecule has 5 heteroatoms. The quantitative estimate of drug-likeness (QED) is 0.776. The zero-order valence-corrected chi connectivity index (χ0v) is 14.4. The van der Waals surface area contributed by atoms with Crippen LogP contribution < -0.4 is 9.88 Å². The Hall–Kier alpha value is -2.14. The van der Waals surface area contributed by atoms with Gasteiger partial charge in [0.1, 0.15) is 13.1 Å². The zero-order valence-electron chi connectivity index (χ0n) is 12.8. The number of aromatic amines is 1. The Morgan fingerprint density at radius 2 is 1.91 bits per heavy atom. The number of benzene rings is 1. The molecule has 0 aliphatic carbocycles. The summed E-state index contributed by atoms with van der Waals surface area (Å²) in [6.07, 6.45) is 5.45. The van der Waals surface area contributed by atoms with E-state index in [9.17, 15) is 4.79 Å². The Balaban J connectivity index is 1.56. The fourth-order valence-corrected chi connectivity index (χ4v) is 3.05. The van der Waals surface area contributed by atoms with Gasteiger partial charge in [-0.3, -0.25) is 9.69 Å². The van der Waals surface area contributed by atoms with E-state index in [-0.39, 0.29) is 5.91 Å². The number of amides is 1. The molecule has 118 valence electrons. The van der Waals surface area contributed by atoms with Crippen molar-refractivity contribution in [2.45, 2.75) is 0 Å². The lowest BCUT2D eigenvalue weighted by Crippen LogP contribution is -2.49. The van der Waals surface area contributed by atoms with Gasteiger partial charge in [0.25, 0.3) is 5.82 Å². The summed E-state index contributed by atoms with van der Waals surface area (Å²) < 4.78 is 1.01. The SMILES string of the molecule is O=C(/C=C/c1cccc(Br)c1)N1CCN(c2cccc[nH+]2)CC1. The molecule has 1 aromatic heterocycles. The molecular weight excluding hydrogens is 354 g/mol. The number of carbonyl (C=O) groups is 1. The van der Waals surface area contributed by atoms with Crippen molar-refractivity contribution in [2.75, 3.05) is 31.1 Å². The van der Waals surface area contributed by atoms with Crippen LogP contribution in [0.4, 0.5) is 5.82 Å². The van der Waals surface area contributed by atoms with E-state index in [1.807, 2.05) is 53.6 Å². The predicted molar refractivity (Wildman–Crippen MR) is 95.0 cm³/mol. The number of anilines is 1. The normalized spacial score (nSPS) is 15.2. The predicted octanol–water partition coefficient (Wildman–Crippen LogP) is 2.63. The fourth-order valence-electron chi connectivity index (χ4n) is 2.63. The van der Waals surface area contributed by atoms with Crippen molar-refractivity contribution < 1.29 is 9.78 Å². The Morgan fingerprint density at radius 1 is 1.09 bits per heavy atom. The summed E-state index contributed by atoms with van der Waals surface area (Å²) >= 11 is 3.44. The molecule has 1 saturated heterocycles. The molecule has 1 N–H and O–H groups in total. The summed E-state index contributed by atoms with van der Waals surface area (Å²) in [4.78, 5) is 19.7. The van der Waals surface area contributed by atoms with Crippen LogP contribution >= 0.6 is 15.9 Å². The number of aromatic nitrogens is 1. The number of nitrogens with zero attached hydrogens (tertiary/aromatic N) is 2. The number of hydrogen-bond acceptors (Lipinski definition) is 2. The Bertz CT molecular complexity index is 694. The summed E-state index contributed by atoms with van der Waals surface area (Å²) in [5, 5.41) is 0. The smallest absolute Gasteiger partial charge is 0.274 e. The first kappa shape index (κ1) is 15.7. The number of hydrogen-bond donors (Lipinski definition) is 0. The third kappa shape index (κ3) is 4.20. The number of carbonyl (C=O) groups excluding carboxylic acids is 1. The monoisotopic (exact) mass is 372 g/mol. The number of rotatable bonds is 3. The first-order valence-corrected chi connectivity index (χ1v) is 8.46. The second-order valence-corrected chi connectivity index (χ2v) is 6.36. The van der Waals surface area contributed by atoms with E-state index in [2.05, 4.69) is 31.9 Å². The molecule has 0 atom stereocenters. The molecule has 3 rings (SSSR count). The minimum absolute atomic E-state index is 0.0710. The molecule has 0 radical (unpaired) electrons. The van der Waals surface area contributed by atoms with Crippen LogP contribution in [0, 0.1) is 0 Å². The third-order valence-corrected chi connectivity index (χ3v) is 4.38. The summed E-state index contributed by atoms with van der Waals surface area (Å²) in [5.74, 6) is 1.17. The molecule has 0 saturated carbocycles. The second-order valence-electron chi connectivity index (χ2n) is 5.45. The Morgan fingerprint density at radius 3 is 2.61 bits per heavy atom. The van der Waals surface area contributed by atoms with Crippen LogP contribution in [0.5, 0.6) is 0 Å². The van der Waals surface area contributed by atoms with Gasteiger partial charge in [0.05, 0.1) is 19.3 Å². The largest absolute Gasteiger partial charge is 0.331 e.